The zero-order valence-electron chi connectivity index (χ0n) is 20.9. The zero-order chi connectivity index (χ0) is 25.2. The van der Waals surface area contributed by atoms with Crippen LogP contribution in [0.4, 0.5) is 21.2 Å². The summed E-state index contributed by atoms with van der Waals surface area (Å²) in [4.78, 5) is 14.1. The third-order valence-corrected chi connectivity index (χ3v) is 8.29. The number of hydrogen-bond donors (Lipinski definition) is 0. The Morgan fingerprint density at radius 1 is 1.17 bits per heavy atom. The number of rotatable bonds is 8. The van der Waals surface area contributed by atoms with Gasteiger partial charge in [0, 0.05) is 44.7 Å². The number of aryl methyl sites for hydroxylation is 1. The standard InChI is InChI=1S/C25H30FN7OS2/c1-5-20-24(30(2)25-28-21(16-36-25)17-6-8-18(26)9-7-17)33-22(27-20)10-11-23(29-33)31-12-13-32(35-4)19(14-31)15-34-3/h6-11,16,19H,5,12-15H2,1-4H3. The highest BCUT2D eigenvalue weighted by molar-refractivity contribution is 7.96. The number of thiazole rings is 1. The molecule has 1 aromatic carbocycles. The van der Waals surface area contributed by atoms with Gasteiger partial charge < -0.3 is 14.5 Å². The minimum Gasteiger partial charge on any atom is -0.383 e. The molecule has 0 amide bonds. The second-order valence-electron chi connectivity index (χ2n) is 8.66. The fourth-order valence-corrected chi connectivity index (χ4v) is 6.07. The van der Waals surface area contributed by atoms with Gasteiger partial charge in [0.25, 0.3) is 0 Å². The predicted molar refractivity (Wildman–Crippen MR) is 146 cm³/mol. The van der Waals surface area contributed by atoms with E-state index in [1.165, 1.54) is 12.1 Å². The lowest BCUT2D eigenvalue weighted by atomic mass is 10.2. The van der Waals surface area contributed by atoms with Gasteiger partial charge in [-0.15, -0.1) is 16.4 Å². The van der Waals surface area contributed by atoms with Crippen molar-refractivity contribution in [2.45, 2.75) is 19.4 Å². The molecule has 3 aromatic heterocycles. The van der Waals surface area contributed by atoms with Crippen LogP contribution in [0.15, 0.2) is 41.8 Å². The quantitative estimate of drug-likeness (QED) is 0.305. The fourth-order valence-electron chi connectivity index (χ4n) is 4.58. The maximum Gasteiger partial charge on any atom is 0.191 e. The van der Waals surface area contributed by atoms with E-state index in [1.54, 1.807) is 42.5 Å². The molecule has 0 N–H and O–H groups in total. The van der Waals surface area contributed by atoms with Crippen molar-refractivity contribution in [1.29, 1.82) is 0 Å². The molecule has 5 rings (SSSR count). The van der Waals surface area contributed by atoms with Gasteiger partial charge in [0.1, 0.15) is 11.6 Å². The van der Waals surface area contributed by atoms with E-state index < -0.39 is 0 Å². The summed E-state index contributed by atoms with van der Waals surface area (Å²) in [5.74, 6) is 1.57. The molecule has 0 spiro atoms. The van der Waals surface area contributed by atoms with Gasteiger partial charge in [-0.1, -0.05) is 18.9 Å². The monoisotopic (exact) mass is 527 g/mol. The van der Waals surface area contributed by atoms with Crippen LogP contribution in [0.5, 0.6) is 0 Å². The van der Waals surface area contributed by atoms with Gasteiger partial charge in [-0.3, -0.25) is 0 Å². The molecule has 1 atom stereocenters. The average Bonchev–Trinajstić information content (AvgIpc) is 3.54. The second-order valence-corrected chi connectivity index (χ2v) is 10.3. The molecule has 4 heterocycles. The number of nitrogens with zero attached hydrogens (tertiary/aromatic N) is 7. The Labute approximate surface area is 218 Å². The smallest absolute Gasteiger partial charge is 0.191 e. The van der Waals surface area contributed by atoms with Crippen LogP contribution in [0.2, 0.25) is 0 Å². The van der Waals surface area contributed by atoms with Gasteiger partial charge in [0.15, 0.2) is 16.6 Å². The van der Waals surface area contributed by atoms with E-state index in [1.807, 2.05) is 27.9 Å². The number of piperazine rings is 1. The Kier molecular flexibility index (Phi) is 7.42. The molecule has 36 heavy (non-hydrogen) atoms. The number of aromatic nitrogens is 4. The number of anilines is 3. The molecule has 8 nitrogen and oxygen atoms in total. The number of halogens is 1. The number of fused-ring (bicyclic) bond motifs is 1. The van der Waals surface area contributed by atoms with Crippen molar-refractivity contribution in [2.24, 2.45) is 0 Å². The Morgan fingerprint density at radius 3 is 2.69 bits per heavy atom. The Morgan fingerprint density at radius 2 is 1.97 bits per heavy atom. The largest absolute Gasteiger partial charge is 0.383 e. The highest BCUT2D eigenvalue weighted by Crippen LogP contribution is 2.34. The Bertz CT molecular complexity index is 1330. The van der Waals surface area contributed by atoms with Crippen LogP contribution in [0.1, 0.15) is 12.6 Å². The summed E-state index contributed by atoms with van der Waals surface area (Å²) in [5, 5.41) is 7.86. The summed E-state index contributed by atoms with van der Waals surface area (Å²) in [7, 11) is 3.75. The van der Waals surface area contributed by atoms with Gasteiger partial charge >= 0.3 is 0 Å². The minimum absolute atomic E-state index is 0.255. The van der Waals surface area contributed by atoms with E-state index in [9.17, 15) is 4.39 Å². The maximum atomic E-state index is 13.4. The van der Waals surface area contributed by atoms with Gasteiger partial charge in [0.05, 0.1) is 24.0 Å². The molecule has 0 bridgehead atoms. The van der Waals surface area contributed by atoms with Crippen molar-refractivity contribution < 1.29 is 9.13 Å². The van der Waals surface area contributed by atoms with Crippen LogP contribution in [-0.4, -0.2) is 76.6 Å². The zero-order valence-corrected chi connectivity index (χ0v) is 22.5. The van der Waals surface area contributed by atoms with Crippen molar-refractivity contribution in [2.75, 3.05) is 56.5 Å². The minimum atomic E-state index is -0.255. The van der Waals surface area contributed by atoms with Crippen molar-refractivity contribution >= 4 is 45.7 Å². The molecule has 11 heteroatoms. The number of ether oxygens (including phenoxy) is 1. The van der Waals surface area contributed by atoms with Crippen LogP contribution < -0.4 is 9.80 Å². The summed E-state index contributed by atoms with van der Waals surface area (Å²) >= 11 is 3.31. The Hall–Kier alpha value is -2.73. The van der Waals surface area contributed by atoms with Crippen molar-refractivity contribution in [1.82, 2.24) is 23.9 Å². The van der Waals surface area contributed by atoms with Crippen LogP contribution in [0.3, 0.4) is 0 Å². The Balaban J connectivity index is 1.47. The maximum absolute atomic E-state index is 13.4. The molecule has 0 saturated carbocycles. The summed E-state index contributed by atoms with van der Waals surface area (Å²) in [6, 6.07) is 10.8. The van der Waals surface area contributed by atoms with E-state index in [-0.39, 0.29) is 5.82 Å². The highest BCUT2D eigenvalue weighted by Gasteiger charge is 2.28. The van der Waals surface area contributed by atoms with Crippen LogP contribution in [-0.2, 0) is 11.2 Å². The molecule has 1 unspecified atom stereocenters. The van der Waals surface area contributed by atoms with E-state index in [0.29, 0.717) is 12.6 Å². The molecule has 1 saturated heterocycles. The van der Waals surface area contributed by atoms with E-state index in [0.717, 1.165) is 65.4 Å². The third kappa shape index (κ3) is 4.80. The summed E-state index contributed by atoms with van der Waals surface area (Å²) in [6.07, 6.45) is 2.89. The first-order valence-electron chi connectivity index (χ1n) is 11.9. The van der Waals surface area contributed by atoms with E-state index >= 15 is 0 Å². The summed E-state index contributed by atoms with van der Waals surface area (Å²) < 4.78 is 23.1. The number of imidazole rings is 1. The van der Waals surface area contributed by atoms with Gasteiger partial charge in [-0.2, -0.15) is 4.52 Å². The third-order valence-electron chi connectivity index (χ3n) is 6.43. The topological polar surface area (TPSA) is 62.0 Å². The molecular formula is C25H30FN7OS2. The van der Waals surface area contributed by atoms with E-state index in [2.05, 4.69) is 28.5 Å². The predicted octanol–water partition coefficient (Wildman–Crippen LogP) is 4.74. The SMILES string of the molecule is CCc1nc2ccc(N3CCN(SC)C(COC)C3)nn2c1N(C)c1nc(-c2ccc(F)cc2)cs1. The lowest BCUT2D eigenvalue weighted by Crippen LogP contribution is -2.52. The van der Waals surface area contributed by atoms with Crippen molar-refractivity contribution in [3.63, 3.8) is 0 Å². The van der Waals surface area contributed by atoms with Crippen LogP contribution in [0, 0.1) is 5.82 Å². The molecule has 1 aliphatic rings. The second kappa shape index (κ2) is 10.7. The molecule has 0 radical (unpaired) electrons. The summed E-state index contributed by atoms with van der Waals surface area (Å²) in [5.41, 5.74) is 3.48. The number of methoxy groups -OCH3 is 1. The lowest BCUT2D eigenvalue weighted by Gasteiger charge is -2.40. The first-order valence-corrected chi connectivity index (χ1v) is 14.0. The molecule has 1 aliphatic heterocycles. The molecule has 1 fully saturated rings. The lowest BCUT2D eigenvalue weighted by molar-refractivity contribution is 0.132. The van der Waals surface area contributed by atoms with Crippen LogP contribution in [0.25, 0.3) is 16.9 Å². The normalized spacial score (nSPS) is 16.7. The van der Waals surface area contributed by atoms with Gasteiger partial charge in [-0.05, 0) is 49.1 Å². The van der Waals surface area contributed by atoms with Gasteiger partial charge in [0.2, 0.25) is 0 Å². The van der Waals surface area contributed by atoms with Gasteiger partial charge in [-0.25, -0.2) is 18.7 Å². The first kappa shape index (κ1) is 24.9. The average molecular weight is 528 g/mol. The van der Waals surface area contributed by atoms with Crippen molar-refractivity contribution in [3.8, 4) is 11.3 Å². The fraction of sp³-hybridized carbons (Fsp3) is 0.400. The highest BCUT2D eigenvalue weighted by atomic mass is 32.2. The summed E-state index contributed by atoms with van der Waals surface area (Å²) in [6.45, 7) is 5.47. The van der Waals surface area contributed by atoms with Crippen molar-refractivity contribution in [3.05, 3.63) is 53.3 Å². The number of hydrogen-bond acceptors (Lipinski definition) is 9. The molecule has 0 aliphatic carbocycles. The molecule has 190 valence electrons. The first-order chi connectivity index (χ1) is 17.5. The number of benzene rings is 1. The molecular weight excluding hydrogens is 497 g/mol. The van der Waals surface area contributed by atoms with E-state index in [4.69, 9.17) is 19.8 Å². The molecule has 4 aromatic rings. The van der Waals surface area contributed by atoms with Crippen LogP contribution >= 0.6 is 23.3 Å².